The highest BCUT2D eigenvalue weighted by Crippen LogP contribution is 2.30. The van der Waals surface area contributed by atoms with E-state index in [1.807, 2.05) is 31.2 Å². The predicted octanol–water partition coefficient (Wildman–Crippen LogP) is 1.72. The molecule has 4 amide bonds. The molecule has 0 radical (unpaired) electrons. The Morgan fingerprint density at radius 2 is 1.90 bits per heavy atom. The van der Waals surface area contributed by atoms with Crippen molar-refractivity contribution in [2.45, 2.75) is 38.4 Å². The summed E-state index contributed by atoms with van der Waals surface area (Å²) in [5.74, 6) is -2.03. The Bertz CT molecular complexity index is 1060. The Labute approximate surface area is 173 Å². The molecule has 2 aromatic rings. The fourth-order valence-corrected chi connectivity index (χ4v) is 3.86. The summed E-state index contributed by atoms with van der Waals surface area (Å²) >= 11 is 0. The van der Waals surface area contributed by atoms with Crippen molar-refractivity contribution >= 4 is 29.3 Å². The number of imide groups is 2. The summed E-state index contributed by atoms with van der Waals surface area (Å²) in [7, 11) is 0. The number of piperidine rings is 1. The van der Waals surface area contributed by atoms with E-state index in [9.17, 15) is 19.2 Å². The lowest BCUT2D eigenvalue weighted by molar-refractivity contribution is -0.136. The summed E-state index contributed by atoms with van der Waals surface area (Å²) in [6, 6.07) is 11.7. The minimum atomic E-state index is -0.973. The third-order valence-electron chi connectivity index (χ3n) is 5.45. The van der Waals surface area contributed by atoms with E-state index in [4.69, 9.17) is 5.73 Å². The lowest BCUT2D eigenvalue weighted by Gasteiger charge is -2.27. The molecule has 1 fully saturated rings. The molecule has 2 aliphatic heterocycles. The first-order valence-electron chi connectivity index (χ1n) is 9.79. The Kier molecular flexibility index (Phi) is 5.09. The zero-order valence-corrected chi connectivity index (χ0v) is 16.5. The number of nitrogens with zero attached hydrogens (tertiary/aromatic N) is 1. The zero-order valence-electron chi connectivity index (χ0n) is 16.5. The third kappa shape index (κ3) is 3.46. The molecule has 0 aliphatic carbocycles. The van der Waals surface area contributed by atoms with Gasteiger partial charge in [0.1, 0.15) is 6.04 Å². The standard InChI is InChI=1S/C22H22N4O4/c1-12(23)13-4-2-6-15(10-13)24-11-14-5-3-7-16-19(14)22(30)26(21(16)29)17-8-9-18(27)25-20(17)28/h2-7,10,12,17,24H,8-9,11,23H2,1H3,(H,25,27,28)/t12-,17?/m1/s1. The van der Waals surface area contributed by atoms with Gasteiger partial charge in [-0.3, -0.25) is 29.4 Å². The van der Waals surface area contributed by atoms with Crippen LogP contribution >= 0.6 is 0 Å². The van der Waals surface area contributed by atoms with Gasteiger partial charge in [-0.25, -0.2) is 0 Å². The van der Waals surface area contributed by atoms with Gasteiger partial charge >= 0.3 is 0 Å². The summed E-state index contributed by atoms with van der Waals surface area (Å²) in [6.45, 7) is 2.23. The van der Waals surface area contributed by atoms with Crippen LogP contribution in [0, 0.1) is 0 Å². The molecule has 1 saturated heterocycles. The number of nitrogens with two attached hydrogens (primary N) is 1. The van der Waals surface area contributed by atoms with Crippen LogP contribution in [0.5, 0.6) is 0 Å². The number of amides is 4. The van der Waals surface area contributed by atoms with E-state index in [0.29, 0.717) is 17.7 Å². The molecule has 0 saturated carbocycles. The van der Waals surface area contributed by atoms with Crippen LogP contribution in [0.4, 0.5) is 5.69 Å². The van der Waals surface area contributed by atoms with Gasteiger partial charge in [-0.1, -0.05) is 24.3 Å². The van der Waals surface area contributed by atoms with Gasteiger partial charge < -0.3 is 11.1 Å². The maximum Gasteiger partial charge on any atom is 0.262 e. The van der Waals surface area contributed by atoms with E-state index in [2.05, 4.69) is 10.6 Å². The summed E-state index contributed by atoms with van der Waals surface area (Å²) < 4.78 is 0. The Hall–Kier alpha value is -3.52. The van der Waals surface area contributed by atoms with Crippen molar-refractivity contribution in [3.63, 3.8) is 0 Å². The molecule has 4 rings (SSSR count). The van der Waals surface area contributed by atoms with Gasteiger partial charge in [0, 0.05) is 24.7 Å². The number of nitrogens with one attached hydrogen (secondary N) is 2. The van der Waals surface area contributed by atoms with Crippen LogP contribution in [0.15, 0.2) is 42.5 Å². The van der Waals surface area contributed by atoms with Gasteiger partial charge in [-0.15, -0.1) is 0 Å². The van der Waals surface area contributed by atoms with E-state index in [-0.39, 0.29) is 24.4 Å². The van der Waals surface area contributed by atoms with Gasteiger partial charge in [0.15, 0.2) is 0 Å². The summed E-state index contributed by atoms with van der Waals surface area (Å²) in [4.78, 5) is 50.6. The Morgan fingerprint density at radius 3 is 2.63 bits per heavy atom. The van der Waals surface area contributed by atoms with Crippen molar-refractivity contribution < 1.29 is 19.2 Å². The minimum absolute atomic E-state index is 0.0914. The van der Waals surface area contributed by atoms with Crippen LogP contribution in [0.3, 0.4) is 0 Å². The maximum absolute atomic E-state index is 13.1. The highest BCUT2D eigenvalue weighted by atomic mass is 16.2. The van der Waals surface area contributed by atoms with E-state index in [0.717, 1.165) is 16.2 Å². The monoisotopic (exact) mass is 406 g/mol. The topological polar surface area (TPSA) is 122 Å². The van der Waals surface area contributed by atoms with Crippen LogP contribution in [0.2, 0.25) is 0 Å². The van der Waals surface area contributed by atoms with E-state index >= 15 is 0 Å². The number of hydrogen-bond donors (Lipinski definition) is 3. The van der Waals surface area contributed by atoms with Crippen molar-refractivity contribution in [3.8, 4) is 0 Å². The highest BCUT2D eigenvalue weighted by Gasteiger charge is 2.45. The van der Waals surface area contributed by atoms with Crippen LogP contribution in [0.1, 0.15) is 57.7 Å². The molecule has 8 nitrogen and oxygen atoms in total. The molecule has 4 N–H and O–H groups in total. The van der Waals surface area contributed by atoms with E-state index < -0.39 is 29.7 Å². The molecule has 2 aromatic carbocycles. The average Bonchev–Trinajstić information content (AvgIpc) is 2.98. The van der Waals surface area contributed by atoms with Crippen molar-refractivity contribution in [2.75, 3.05) is 5.32 Å². The number of hydrogen-bond acceptors (Lipinski definition) is 6. The van der Waals surface area contributed by atoms with Gasteiger partial charge in [-0.05, 0) is 42.7 Å². The van der Waals surface area contributed by atoms with Crippen LogP contribution in [0.25, 0.3) is 0 Å². The molecular weight excluding hydrogens is 384 g/mol. The molecule has 0 bridgehead atoms. The third-order valence-corrected chi connectivity index (χ3v) is 5.45. The van der Waals surface area contributed by atoms with Gasteiger partial charge in [-0.2, -0.15) is 0 Å². The average molecular weight is 406 g/mol. The quantitative estimate of drug-likeness (QED) is 0.650. The van der Waals surface area contributed by atoms with E-state index in [1.165, 1.54) is 0 Å². The van der Waals surface area contributed by atoms with Crippen molar-refractivity contribution in [3.05, 3.63) is 64.7 Å². The largest absolute Gasteiger partial charge is 0.381 e. The smallest absolute Gasteiger partial charge is 0.262 e. The molecular formula is C22H22N4O4. The second-order valence-corrected chi connectivity index (χ2v) is 7.55. The van der Waals surface area contributed by atoms with Crippen molar-refractivity contribution in [1.82, 2.24) is 10.2 Å². The second kappa shape index (κ2) is 7.72. The number of carbonyl (C=O) groups excluding carboxylic acids is 4. The second-order valence-electron chi connectivity index (χ2n) is 7.55. The minimum Gasteiger partial charge on any atom is -0.381 e. The van der Waals surface area contributed by atoms with Gasteiger partial charge in [0.2, 0.25) is 11.8 Å². The Morgan fingerprint density at radius 1 is 1.13 bits per heavy atom. The number of anilines is 1. The van der Waals surface area contributed by atoms with Gasteiger partial charge in [0.25, 0.3) is 11.8 Å². The van der Waals surface area contributed by atoms with E-state index in [1.54, 1.807) is 18.2 Å². The first-order chi connectivity index (χ1) is 14.4. The normalized spacial score (nSPS) is 19.5. The first kappa shape index (κ1) is 19.8. The fourth-order valence-electron chi connectivity index (χ4n) is 3.86. The zero-order chi connectivity index (χ0) is 21.4. The number of fused-ring (bicyclic) bond motifs is 1. The molecule has 0 aromatic heterocycles. The van der Waals surface area contributed by atoms with Crippen LogP contribution in [-0.4, -0.2) is 34.6 Å². The SMILES string of the molecule is C[C@@H](N)c1cccc(NCc2cccc3c2C(=O)N(C2CCC(=O)NC2=O)C3=O)c1. The van der Waals surface area contributed by atoms with Gasteiger partial charge in [0.05, 0.1) is 11.1 Å². The summed E-state index contributed by atoms with van der Waals surface area (Å²) in [6.07, 6.45) is 0.224. The summed E-state index contributed by atoms with van der Waals surface area (Å²) in [5, 5.41) is 5.47. The maximum atomic E-state index is 13.1. The Balaban J connectivity index is 1.58. The number of carbonyl (C=O) groups is 4. The molecule has 154 valence electrons. The highest BCUT2D eigenvalue weighted by molar-refractivity contribution is 6.24. The molecule has 0 spiro atoms. The fraction of sp³-hybridized carbons (Fsp3) is 0.273. The number of benzene rings is 2. The number of rotatable bonds is 5. The molecule has 1 unspecified atom stereocenters. The molecule has 2 aliphatic rings. The van der Waals surface area contributed by atoms with Crippen LogP contribution < -0.4 is 16.4 Å². The van der Waals surface area contributed by atoms with Crippen molar-refractivity contribution in [1.29, 1.82) is 0 Å². The lowest BCUT2D eigenvalue weighted by atomic mass is 10.0. The first-order valence-corrected chi connectivity index (χ1v) is 9.79. The van der Waals surface area contributed by atoms with Crippen molar-refractivity contribution in [2.24, 2.45) is 5.73 Å². The predicted molar refractivity (Wildman–Crippen MR) is 109 cm³/mol. The molecule has 8 heteroatoms. The molecule has 30 heavy (non-hydrogen) atoms. The lowest BCUT2D eigenvalue weighted by Crippen LogP contribution is -2.54. The molecule has 2 atom stereocenters. The summed E-state index contributed by atoms with van der Waals surface area (Å²) in [5.41, 5.74) is 8.99. The van der Waals surface area contributed by atoms with Crippen LogP contribution in [-0.2, 0) is 16.1 Å². The molecule has 2 heterocycles.